The monoisotopic (exact) mass is 324 g/mol. The molecule has 0 aromatic carbocycles. The Bertz CT molecular complexity index is 432. The van der Waals surface area contributed by atoms with E-state index in [4.69, 9.17) is 4.74 Å². The maximum atomic E-state index is 5.54. The molecular weight excluding hydrogens is 292 g/mol. The highest BCUT2D eigenvalue weighted by molar-refractivity contribution is 5.79. The van der Waals surface area contributed by atoms with Crippen LogP contribution in [0.2, 0.25) is 0 Å². The lowest BCUT2D eigenvalue weighted by Crippen LogP contribution is -2.39. The lowest BCUT2D eigenvalue weighted by Gasteiger charge is -2.12. The van der Waals surface area contributed by atoms with Gasteiger partial charge in [0.1, 0.15) is 12.2 Å². The molecule has 0 radical (unpaired) electrons. The summed E-state index contributed by atoms with van der Waals surface area (Å²) >= 11 is 0. The van der Waals surface area contributed by atoms with Crippen molar-refractivity contribution in [2.75, 3.05) is 32.8 Å². The van der Waals surface area contributed by atoms with Crippen molar-refractivity contribution in [1.29, 1.82) is 0 Å². The smallest absolute Gasteiger partial charge is 0.191 e. The van der Waals surface area contributed by atoms with E-state index in [-0.39, 0.29) is 0 Å². The normalized spacial score (nSPS) is 11.7. The molecule has 0 unspecified atom stereocenters. The fourth-order valence-corrected chi connectivity index (χ4v) is 2.08. The Kier molecular flexibility index (Phi) is 10.9. The first-order valence-electron chi connectivity index (χ1n) is 8.78. The molecule has 7 heteroatoms. The summed E-state index contributed by atoms with van der Waals surface area (Å²) in [5.74, 6) is 1.87. The molecule has 0 aliphatic rings. The third-order valence-electron chi connectivity index (χ3n) is 3.36. The van der Waals surface area contributed by atoms with E-state index in [1.807, 2.05) is 0 Å². The highest BCUT2D eigenvalue weighted by atomic mass is 16.5. The Morgan fingerprint density at radius 3 is 2.78 bits per heavy atom. The Morgan fingerprint density at radius 1 is 1.22 bits per heavy atom. The predicted molar refractivity (Wildman–Crippen MR) is 93.7 cm³/mol. The van der Waals surface area contributed by atoms with E-state index >= 15 is 0 Å². The van der Waals surface area contributed by atoms with Crippen LogP contribution in [0.15, 0.2) is 11.3 Å². The van der Waals surface area contributed by atoms with Gasteiger partial charge >= 0.3 is 0 Å². The van der Waals surface area contributed by atoms with Gasteiger partial charge in [0.15, 0.2) is 5.96 Å². The van der Waals surface area contributed by atoms with Gasteiger partial charge in [0, 0.05) is 45.8 Å². The van der Waals surface area contributed by atoms with Crippen molar-refractivity contribution >= 4 is 5.96 Å². The molecule has 0 aliphatic heterocycles. The number of aliphatic imine (C=N–C) groups is 1. The van der Waals surface area contributed by atoms with Crippen LogP contribution < -0.4 is 10.6 Å². The van der Waals surface area contributed by atoms with Crippen LogP contribution in [0.4, 0.5) is 0 Å². The maximum absolute atomic E-state index is 5.54. The average Bonchev–Trinajstić information content (AvgIpc) is 3.01. The van der Waals surface area contributed by atoms with Crippen LogP contribution in [-0.4, -0.2) is 53.6 Å². The van der Waals surface area contributed by atoms with Crippen LogP contribution in [0.1, 0.15) is 45.9 Å². The second kappa shape index (κ2) is 12.9. The number of aryl methyl sites for hydroxylation is 1. The number of ether oxygens (including phenoxy) is 1. The summed E-state index contributed by atoms with van der Waals surface area (Å²) in [6.07, 6.45) is 5.94. The summed E-state index contributed by atoms with van der Waals surface area (Å²) in [5.41, 5.74) is 0. The zero-order chi connectivity index (χ0) is 16.8. The van der Waals surface area contributed by atoms with E-state index in [0.717, 1.165) is 70.4 Å². The molecule has 0 amide bonds. The number of guanidine groups is 1. The lowest BCUT2D eigenvalue weighted by atomic mass is 10.4. The Hall–Kier alpha value is -1.63. The van der Waals surface area contributed by atoms with Crippen LogP contribution in [0.3, 0.4) is 0 Å². The summed E-state index contributed by atoms with van der Waals surface area (Å²) in [6, 6.07) is 0. The number of unbranched alkanes of at least 4 members (excludes halogenated alkanes) is 1. The first-order valence-corrected chi connectivity index (χ1v) is 8.78. The fourth-order valence-electron chi connectivity index (χ4n) is 2.08. The van der Waals surface area contributed by atoms with Gasteiger partial charge in [-0.25, -0.2) is 0 Å². The minimum Gasteiger partial charge on any atom is -0.381 e. The highest BCUT2D eigenvalue weighted by Gasteiger charge is 2.02. The maximum Gasteiger partial charge on any atom is 0.191 e. The quantitative estimate of drug-likeness (QED) is 0.347. The molecule has 132 valence electrons. The van der Waals surface area contributed by atoms with Gasteiger partial charge in [0.2, 0.25) is 0 Å². The van der Waals surface area contributed by atoms with E-state index in [1.54, 1.807) is 6.33 Å². The first kappa shape index (κ1) is 19.4. The van der Waals surface area contributed by atoms with E-state index in [9.17, 15) is 0 Å². The Morgan fingerprint density at radius 2 is 2.04 bits per heavy atom. The third kappa shape index (κ3) is 8.54. The number of hydrogen-bond donors (Lipinski definition) is 2. The molecule has 1 rings (SSSR count). The van der Waals surface area contributed by atoms with Crippen molar-refractivity contribution in [2.24, 2.45) is 4.99 Å². The van der Waals surface area contributed by atoms with Crippen LogP contribution in [-0.2, 0) is 17.7 Å². The van der Waals surface area contributed by atoms with Crippen molar-refractivity contribution < 1.29 is 4.74 Å². The summed E-state index contributed by atoms with van der Waals surface area (Å²) in [4.78, 5) is 4.57. The summed E-state index contributed by atoms with van der Waals surface area (Å²) in [6.45, 7) is 11.2. The predicted octanol–water partition coefficient (Wildman–Crippen LogP) is 1.60. The van der Waals surface area contributed by atoms with Gasteiger partial charge in [0.25, 0.3) is 0 Å². The molecule has 0 saturated carbocycles. The van der Waals surface area contributed by atoms with Crippen molar-refractivity contribution in [2.45, 2.75) is 53.0 Å². The van der Waals surface area contributed by atoms with Crippen LogP contribution in [0, 0.1) is 0 Å². The van der Waals surface area contributed by atoms with E-state index < -0.39 is 0 Å². The van der Waals surface area contributed by atoms with Crippen LogP contribution in [0.25, 0.3) is 0 Å². The topological polar surface area (TPSA) is 76.4 Å². The zero-order valence-electron chi connectivity index (χ0n) is 14.8. The van der Waals surface area contributed by atoms with Crippen LogP contribution >= 0.6 is 0 Å². The molecule has 1 aromatic rings. The molecule has 1 heterocycles. The first-order chi connectivity index (χ1) is 11.3. The minimum atomic E-state index is 0.772. The van der Waals surface area contributed by atoms with Gasteiger partial charge in [-0.05, 0) is 19.8 Å². The molecule has 0 aliphatic carbocycles. The van der Waals surface area contributed by atoms with Crippen molar-refractivity contribution in [1.82, 2.24) is 25.4 Å². The van der Waals surface area contributed by atoms with Gasteiger partial charge in [-0.1, -0.05) is 20.3 Å². The molecule has 0 bridgehead atoms. The van der Waals surface area contributed by atoms with Gasteiger partial charge in [0.05, 0.1) is 0 Å². The molecule has 0 atom stereocenters. The molecule has 1 aromatic heterocycles. The van der Waals surface area contributed by atoms with Gasteiger partial charge < -0.3 is 19.9 Å². The van der Waals surface area contributed by atoms with Crippen molar-refractivity contribution in [3.63, 3.8) is 0 Å². The SMILES string of the molecule is CCCCOCCCN=C(NCC)NCCn1cnnc1CC. The number of aromatic nitrogens is 3. The standard InChI is InChI=1S/C16H32N6O/c1-4-7-12-23-13-8-9-18-16(17-6-3)19-10-11-22-14-20-21-15(22)5-2/h14H,4-13H2,1-3H3,(H2,17,18,19). The molecule has 23 heavy (non-hydrogen) atoms. The fraction of sp³-hybridized carbons (Fsp3) is 0.812. The summed E-state index contributed by atoms with van der Waals surface area (Å²) in [7, 11) is 0. The molecule has 0 fully saturated rings. The van der Waals surface area contributed by atoms with Gasteiger partial charge in [-0.3, -0.25) is 4.99 Å². The molecule has 0 saturated heterocycles. The Labute approximate surface area is 139 Å². The van der Waals surface area contributed by atoms with E-state index in [0.29, 0.717) is 0 Å². The number of nitrogens with zero attached hydrogens (tertiary/aromatic N) is 4. The summed E-state index contributed by atoms with van der Waals surface area (Å²) in [5, 5.41) is 14.6. The number of rotatable bonds is 12. The number of hydrogen-bond acceptors (Lipinski definition) is 4. The third-order valence-corrected chi connectivity index (χ3v) is 3.36. The van der Waals surface area contributed by atoms with Crippen molar-refractivity contribution in [3.05, 3.63) is 12.2 Å². The minimum absolute atomic E-state index is 0.772. The number of nitrogens with one attached hydrogen (secondary N) is 2. The van der Waals surface area contributed by atoms with E-state index in [2.05, 4.69) is 51.2 Å². The molecule has 2 N–H and O–H groups in total. The average molecular weight is 324 g/mol. The van der Waals surface area contributed by atoms with Crippen molar-refractivity contribution in [3.8, 4) is 0 Å². The molecule has 7 nitrogen and oxygen atoms in total. The van der Waals surface area contributed by atoms with Crippen LogP contribution in [0.5, 0.6) is 0 Å². The van der Waals surface area contributed by atoms with Gasteiger partial charge in [-0.15, -0.1) is 10.2 Å². The Balaban J connectivity index is 2.24. The summed E-state index contributed by atoms with van der Waals surface area (Å²) < 4.78 is 7.61. The van der Waals surface area contributed by atoms with Gasteiger partial charge in [-0.2, -0.15) is 0 Å². The van der Waals surface area contributed by atoms with E-state index in [1.165, 1.54) is 6.42 Å². The second-order valence-electron chi connectivity index (χ2n) is 5.30. The zero-order valence-corrected chi connectivity index (χ0v) is 14.8. The highest BCUT2D eigenvalue weighted by Crippen LogP contribution is 1.95. The lowest BCUT2D eigenvalue weighted by molar-refractivity contribution is 0.130. The largest absolute Gasteiger partial charge is 0.381 e. The molecule has 0 spiro atoms. The second-order valence-corrected chi connectivity index (χ2v) is 5.30. The molecular formula is C16H32N6O.